The number of anilines is 1. The van der Waals surface area contributed by atoms with Gasteiger partial charge in [0.05, 0.1) is 0 Å². The third-order valence-electron chi connectivity index (χ3n) is 3.33. The third kappa shape index (κ3) is 3.50. The van der Waals surface area contributed by atoms with Crippen molar-refractivity contribution in [2.45, 2.75) is 19.9 Å². The minimum absolute atomic E-state index is 0.601. The van der Waals surface area contributed by atoms with E-state index in [4.69, 9.17) is 17.3 Å². The molecule has 0 aliphatic rings. The van der Waals surface area contributed by atoms with Crippen molar-refractivity contribution in [3.05, 3.63) is 58.9 Å². The maximum atomic E-state index is 6.32. The summed E-state index contributed by atoms with van der Waals surface area (Å²) in [7, 11) is 0. The van der Waals surface area contributed by atoms with Crippen molar-refractivity contribution in [2.75, 3.05) is 18.0 Å². The van der Waals surface area contributed by atoms with Gasteiger partial charge in [-0.25, -0.2) is 0 Å². The van der Waals surface area contributed by atoms with Gasteiger partial charge in [-0.1, -0.05) is 17.7 Å². The van der Waals surface area contributed by atoms with Gasteiger partial charge < -0.3 is 10.6 Å². The van der Waals surface area contributed by atoms with Gasteiger partial charge in [-0.05, 0) is 55.3 Å². The molecule has 0 spiro atoms. The molecule has 1 aromatic heterocycles. The normalized spacial score (nSPS) is 10.6. The van der Waals surface area contributed by atoms with Crippen molar-refractivity contribution in [3.63, 3.8) is 0 Å². The van der Waals surface area contributed by atoms with Crippen molar-refractivity contribution in [3.8, 4) is 0 Å². The van der Waals surface area contributed by atoms with Crippen LogP contribution >= 0.6 is 11.6 Å². The third-order valence-corrected chi connectivity index (χ3v) is 3.69. The Morgan fingerprint density at radius 1 is 1.20 bits per heavy atom. The van der Waals surface area contributed by atoms with E-state index in [9.17, 15) is 0 Å². The van der Waals surface area contributed by atoms with Crippen LogP contribution < -0.4 is 10.6 Å². The van der Waals surface area contributed by atoms with Gasteiger partial charge >= 0.3 is 0 Å². The van der Waals surface area contributed by atoms with E-state index in [1.165, 1.54) is 11.3 Å². The highest BCUT2D eigenvalue weighted by Crippen LogP contribution is 2.28. The zero-order valence-corrected chi connectivity index (χ0v) is 12.5. The van der Waals surface area contributed by atoms with Crippen molar-refractivity contribution in [2.24, 2.45) is 5.73 Å². The fraction of sp³-hybridized carbons (Fsp3) is 0.312. The molecule has 1 aromatic carbocycles. The van der Waals surface area contributed by atoms with E-state index in [0.29, 0.717) is 6.54 Å². The minimum atomic E-state index is 0.601. The molecule has 2 rings (SSSR count). The van der Waals surface area contributed by atoms with Gasteiger partial charge in [0.1, 0.15) is 0 Å². The first-order valence-electron chi connectivity index (χ1n) is 6.87. The first kappa shape index (κ1) is 14.8. The number of rotatable bonds is 6. The highest BCUT2D eigenvalue weighted by molar-refractivity contribution is 6.31. The number of benzene rings is 1. The van der Waals surface area contributed by atoms with Gasteiger partial charge in [0, 0.05) is 36.2 Å². The first-order valence-corrected chi connectivity index (χ1v) is 7.25. The summed E-state index contributed by atoms with van der Waals surface area (Å²) in [6.45, 7) is 4.51. The van der Waals surface area contributed by atoms with Gasteiger partial charge in [0.15, 0.2) is 0 Å². The summed E-state index contributed by atoms with van der Waals surface area (Å²) in [5.41, 5.74) is 9.24. The second kappa shape index (κ2) is 7.27. The summed E-state index contributed by atoms with van der Waals surface area (Å²) < 4.78 is 0. The average molecular weight is 290 g/mol. The fourth-order valence-electron chi connectivity index (χ4n) is 2.31. The summed E-state index contributed by atoms with van der Waals surface area (Å²) in [5, 5.41) is 0.793. The van der Waals surface area contributed by atoms with E-state index in [1.807, 2.05) is 36.7 Å². The molecule has 20 heavy (non-hydrogen) atoms. The number of pyridine rings is 1. The number of nitrogens with zero attached hydrogens (tertiary/aromatic N) is 2. The molecule has 4 heteroatoms. The molecule has 2 aromatic rings. The molecule has 0 unspecified atom stereocenters. The highest BCUT2D eigenvalue weighted by atomic mass is 35.5. The average Bonchev–Trinajstić information content (AvgIpc) is 2.48. The Morgan fingerprint density at radius 2 is 1.95 bits per heavy atom. The number of nitrogens with two attached hydrogens (primary N) is 1. The molecule has 0 amide bonds. The van der Waals surface area contributed by atoms with Crippen LogP contribution in [0.5, 0.6) is 0 Å². The van der Waals surface area contributed by atoms with Gasteiger partial charge in [-0.15, -0.1) is 0 Å². The Morgan fingerprint density at radius 3 is 2.60 bits per heavy atom. The summed E-state index contributed by atoms with van der Waals surface area (Å²) in [4.78, 5) is 6.37. The monoisotopic (exact) mass is 289 g/mol. The smallest absolute Gasteiger partial charge is 0.0459 e. The van der Waals surface area contributed by atoms with Crippen LogP contribution in [0.2, 0.25) is 5.02 Å². The van der Waals surface area contributed by atoms with Crippen molar-refractivity contribution in [1.82, 2.24) is 4.98 Å². The largest absolute Gasteiger partial charge is 0.367 e. The van der Waals surface area contributed by atoms with E-state index in [1.54, 1.807) is 0 Å². The lowest BCUT2D eigenvalue weighted by Crippen LogP contribution is -2.24. The molecule has 0 atom stereocenters. The summed E-state index contributed by atoms with van der Waals surface area (Å²) in [6, 6.07) is 10.1. The first-order chi connectivity index (χ1) is 9.76. The number of aromatic nitrogens is 1. The molecular weight excluding hydrogens is 270 g/mol. The lowest BCUT2D eigenvalue weighted by Gasteiger charge is -2.26. The van der Waals surface area contributed by atoms with Crippen LogP contribution in [-0.4, -0.2) is 18.1 Å². The summed E-state index contributed by atoms with van der Waals surface area (Å²) >= 11 is 6.32. The van der Waals surface area contributed by atoms with Gasteiger partial charge in [0.2, 0.25) is 0 Å². The van der Waals surface area contributed by atoms with E-state index in [0.717, 1.165) is 30.1 Å². The quantitative estimate of drug-likeness (QED) is 0.887. The minimum Gasteiger partial charge on any atom is -0.367 e. The number of hydrogen-bond acceptors (Lipinski definition) is 3. The standard InChI is InChI=1S/C16H20ClN3/c1-2-20(12-13-7-10-19-11-8-13)16-5-3-4-15(17)14(16)6-9-18/h3-5,7-8,10-11H,2,6,9,12,18H2,1H3. The van der Waals surface area contributed by atoms with Gasteiger partial charge in [0.25, 0.3) is 0 Å². The van der Waals surface area contributed by atoms with E-state index < -0.39 is 0 Å². The molecule has 2 N–H and O–H groups in total. The predicted octanol–water partition coefficient (Wildman–Crippen LogP) is 3.26. The molecule has 0 aliphatic heterocycles. The van der Waals surface area contributed by atoms with Crippen LogP contribution in [0.1, 0.15) is 18.1 Å². The Hall–Kier alpha value is -1.58. The Balaban J connectivity index is 2.29. The van der Waals surface area contributed by atoms with Crippen molar-refractivity contribution >= 4 is 17.3 Å². The second-order valence-electron chi connectivity index (χ2n) is 4.65. The second-order valence-corrected chi connectivity index (χ2v) is 5.05. The zero-order valence-electron chi connectivity index (χ0n) is 11.7. The fourth-order valence-corrected chi connectivity index (χ4v) is 2.58. The van der Waals surface area contributed by atoms with Crippen LogP contribution in [0.15, 0.2) is 42.7 Å². The lowest BCUT2D eigenvalue weighted by molar-refractivity contribution is 0.817. The van der Waals surface area contributed by atoms with Crippen molar-refractivity contribution in [1.29, 1.82) is 0 Å². The van der Waals surface area contributed by atoms with Crippen LogP contribution in [0.25, 0.3) is 0 Å². The molecule has 0 saturated carbocycles. The predicted molar refractivity (Wildman–Crippen MR) is 85.2 cm³/mol. The molecule has 0 bridgehead atoms. The van der Waals surface area contributed by atoms with E-state index >= 15 is 0 Å². The summed E-state index contributed by atoms with van der Waals surface area (Å²) in [5.74, 6) is 0. The van der Waals surface area contributed by atoms with E-state index in [2.05, 4.69) is 22.9 Å². The number of hydrogen-bond donors (Lipinski definition) is 1. The molecule has 0 aliphatic carbocycles. The zero-order chi connectivity index (χ0) is 14.4. The molecule has 0 saturated heterocycles. The van der Waals surface area contributed by atoms with Crippen LogP contribution in [-0.2, 0) is 13.0 Å². The van der Waals surface area contributed by atoms with E-state index in [-0.39, 0.29) is 0 Å². The molecule has 3 nitrogen and oxygen atoms in total. The van der Waals surface area contributed by atoms with Gasteiger partial charge in [-0.3, -0.25) is 4.98 Å². The molecule has 0 fully saturated rings. The summed E-state index contributed by atoms with van der Waals surface area (Å²) in [6.07, 6.45) is 4.44. The molecular formula is C16H20ClN3. The van der Waals surface area contributed by atoms with Crippen LogP contribution in [0.4, 0.5) is 5.69 Å². The van der Waals surface area contributed by atoms with Gasteiger partial charge in [-0.2, -0.15) is 0 Å². The van der Waals surface area contributed by atoms with Crippen LogP contribution in [0.3, 0.4) is 0 Å². The molecule has 0 radical (unpaired) electrons. The Kier molecular flexibility index (Phi) is 5.39. The highest BCUT2D eigenvalue weighted by Gasteiger charge is 2.12. The maximum absolute atomic E-state index is 6.32. The van der Waals surface area contributed by atoms with Crippen LogP contribution in [0, 0.1) is 0 Å². The SMILES string of the molecule is CCN(Cc1ccncc1)c1cccc(Cl)c1CCN. The molecule has 1 heterocycles. The number of halogens is 1. The Labute approximate surface area is 125 Å². The lowest BCUT2D eigenvalue weighted by atomic mass is 10.1. The maximum Gasteiger partial charge on any atom is 0.0459 e. The topological polar surface area (TPSA) is 42.2 Å². The Bertz CT molecular complexity index is 543. The molecule has 106 valence electrons. The van der Waals surface area contributed by atoms with Crippen molar-refractivity contribution < 1.29 is 0 Å².